The van der Waals surface area contributed by atoms with Crippen LogP contribution in [0.2, 0.25) is 0 Å². The highest BCUT2D eigenvalue weighted by Crippen LogP contribution is 2.29. The number of amides is 1. The molecule has 0 bridgehead atoms. The first-order valence-electron chi connectivity index (χ1n) is 7.28. The van der Waals surface area contributed by atoms with Crippen LogP contribution >= 0.6 is 11.3 Å². The number of hydrogen-bond acceptors (Lipinski definition) is 5. The lowest BCUT2D eigenvalue weighted by Gasteiger charge is -2.04. The third-order valence-electron chi connectivity index (χ3n) is 3.69. The van der Waals surface area contributed by atoms with Crippen LogP contribution in [0.25, 0.3) is 32.9 Å². The first-order chi connectivity index (χ1) is 11.7. The number of nitrogens with zero attached hydrogens (tertiary/aromatic N) is 3. The van der Waals surface area contributed by atoms with Crippen LogP contribution in [0.3, 0.4) is 0 Å². The molecule has 0 saturated carbocycles. The Hall–Kier alpha value is -3.12. The molecule has 0 aliphatic carbocycles. The third kappa shape index (κ3) is 2.53. The van der Waals surface area contributed by atoms with E-state index in [1.807, 2.05) is 35.7 Å². The number of pyridine rings is 2. The van der Waals surface area contributed by atoms with Gasteiger partial charge in [0, 0.05) is 34.3 Å². The van der Waals surface area contributed by atoms with Crippen molar-refractivity contribution in [2.75, 3.05) is 0 Å². The Morgan fingerprint density at radius 3 is 2.58 bits per heavy atom. The van der Waals surface area contributed by atoms with Gasteiger partial charge in [-0.15, -0.1) is 11.3 Å². The minimum absolute atomic E-state index is 0.455. The number of aromatic nitrogens is 3. The second kappa shape index (κ2) is 5.82. The number of nitrogens with two attached hydrogens (primary N) is 1. The molecule has 3 heterocycles. The molecular weight excluding hydrogens is 320 g/mol. The van der Waals surface area contributed by atoms with E-state index in [0.29, 0.717) is 5.56 Å². The van der Waals surface area contributed by atoms with Crippen LogP contribution in [0.15, 0.2) is 60.2 Å². The van der Waals surface area contributed by atoms with Gasteiger partial charge in [0.25, 0.3) is 0 Å². The predicted molar refractivity (Wildman–Crippen MR) is 94.6 cm³/mol. The molecule has 1 aromatic carbocycles. The van der Waals surface area contributed by atoms with Crippen molar-refractivity contribution in [3.8, 4) is 22.0 Å². The number of carbonyl (C=O) groups is 1. The van der Waals surface area contributed by atoms with Gasteiger partial charge >= 0.3 is 0 Å². The zero-order valence-corrected chi connectivity index (χ0v) is 13.3. The van der Waals surface area contributed by atoms with Gasteiger partial charge < -0.3 is 5.73 Å². The summed E-state index contributed by atoms with van der Waals surface area (Å²) in [6.07, 6.45) is 3.49. The molecular formula is C18H12N4OS. The summed E-state index contributed by atoms with van der Waals surface area (Å²) in [5.74, 6) is -0.455. The van der Waals surface area contributed by atoms with Crippen LogP contribution in [-0.2, 0) is 0 Å². The number of rotatable bonds is 3. The molecule has 116 valence electrons. The Morgan fingerprint density at radius 1 is 0.958 bits per heavy atom. The summed E-state index contributed by atoms with van der Waals surface area (Å²) in [5.41, 5.74) is 9.21. The van der Waals surface area contributed by atoms with E-state index < -0.39 is 5.91 Å². The summed E-state index contributed by atoms with van der Waals surface area (Å²) < 4.78 is 0. The molecule has 0 aliphatic heterocycles. The molecule has 0 unspecified atom stereocenters. The maximum Gasteiger partial charge on any atom is 0.249 e. The maximum atomic E-state index is 11.5. The Balaban J connectivity index is 1.78. The zero-order valence-electron chi connectivity index (χ0n) is 12.5. The number of fused-ring (bicyclic) bond motifs is 1. The van der Waals surface area contributed by atoms with E-state index in [-0.39, 0.29) is 0 Å². The first-order valence-corrected chi connectivity index (χ1v) is 8.16. The topological polar surface area (TPSA) is 81.8 Å². The van der Waals surface area contributed by atoms with Crippen LogP contribution in [0, 0.1) is 0 Å². The van der Waals surface area contributed by atoms with Gasteiger partial charge in [-0.2, -0.15) is 0 Å². The number of thiazole rings is 1. The van der Waals surface area contributed by atoms with Gasteiger partial charge in [0.1, 0.15) is 10.7 Å². The second-order valence-electron chi connectivity index (χ2n) is 5.21. The van der Waals surface area contributed by atoms with Crippen LogP contribution in [0.1, 0.15) is 10.4 Å². The number of carbonyl (C=O) groups excluding carboxylic acids is 1. The summed E-state index contributed by atoms with van der Waals surface area (Å²) in [6, 6.07) is 12.9. The van der Waals surface area contributed by atoms with E-state index in [1.165, 1.54) is 0 Å². The van der Waals surface area contributed by atoms with Gasteiger partial charge in [0.05, 0.1) is 11.2 Å². The number of primary amides is 1. The van der Waals surface area contributed by atoms with E-state index in [4.69, 9.17) is 5.73 Å². The molecule has 5 nitrogen and oxygen atoms in total. The van der Waals surface area contributed by atoms with Crippen LogP contribution < -0.4 is 5.73 Å². The summed E-state index contributed by atoms with van der Waals surface area (Å²) in [5, 5.41) is 3.64. The van der Waals surface area contributed by atoms with Crippen LogP contribution in [0.5, 0.6) is 0 Å². The van der Waals surface area contributed by atoms with Crippen LogP contribution in [0.4, 0.5) is 0 Å². The maximum absolute atomic E-state index is 11.5. The lowest BCUT2D eigenvalue weighted by atomic mass is 10.1. The summed E-state index contributed by atoms with van der Waals surface area (Å²) >= 11 is 1.56. The van der Waals surface area contributed by atoms with Gasteiger partial charge in [0.2, 0.25) is 5.91 Å². The largest absolute Gasteiger partial charge is 0.366 e. The summed E-state index contributed by atoms with van der Waals surface area (Å²) in [6.45, 7) is 0. The second-order valence-corrected chi connectivity index (χ2v) is 6.06. The Kier molecular flexibility index (Phi) is 3.51. The Bertz CT molecular complexity index is 1040. The minimum Gasteiger partial charge on any atom is -0.366 e. The first kappa shape index (κ1) is 14.5. The highest BCUT2D eigenvalue weighted by atomic mass is 32.1. The molecule has 3 aromatic heterocycles. The number of hydrogen-bond donors (Lipinski definition) is 1. The van der Waals surface area contributed by atoms with E-state index in [0.717, 1.165) is 32.9 Å². The van der Waals surface area contributed by atoms with Crippen molar-refractivity contribution >= 4 is 28.1 Å². The summed E-state index contributed by atoms with van der Waals surface area (Å²) in [4.78, 5) is 24.8. The highest BCUT2D eigenvalue weighted by Gasteiger charge is 2.11. The third-order valence-corrected chi connectivity index (χ3v) is 4.58. The van der Waals surface area contributed by atoms with Crippen LogP contribution in [-0.4, -0.2) is 20.9 Å². The van der Waals surface area contributed by atoms with Crippen molar-refractivity contribution < 1.29 is 4.79 Å². The Morgan fingerprint density at radius 2 is 1.79 bits per heavy atom. The molecule has 0 atom stereocenters. The molecule has 4 rings (SSSR count). The monoisotopic (exact) mass is 332 g/mol. The zero-order chi connectivity index (χ0) is 16.5. The SMILES string of the molecule is NC(=O)c1cccc2nc(-c3csc(-c4ccncc4)n3)ccc12. The van der Waals surface area contributed by atoms with Crippen molar-refractivity contribution in [1.82, 2.24) is 15.0 Å². The predicted octanol–water partition coefficient (Wildman–Crippen LogP) is 3.52. The molecule has 1 amide bonds. The van der Waals surface area contributed by atoms with Gasteiger partial charge in [-0.3, -0.25) is 9.78 Å². The van der Waals surface area contributed by atoms with Gasteiger partial charge in [-0.1, -0.05) is 6.07 Å². The normalized spacial score (nSPS) is 10.8. The van der Waals surface area contributed by atoms with Gasteiger partial charge in [0.15, 0.2) is 0 Å². The fourth-order valence-corrected chi connectivity index (χ4v) is 3.35. The van der Waals surface area contributed by atoms with Gasteiger partial charge in [-0.25, -0.2) is 9.97 Å². The van der Waals surface area contributed by atoms with Crippen molar-refractivity contribution in [3.05, 3.63) is 65.8 Å². The molecule has 2 N–H and O–H groups in total. The van der Waals surface area contributed by atoms with Crippen molar-refractivity contribution in [2.45, 2.75) is 0 Å². The minimum atomic E-state index is -0.455. The van der Waals surface area contributed by atoms with E-state index >= 15 is 0 Å². The molecule has 0 aliphatic rings. The molecule has 6 heteroatoms. The van der Waals surface area contributed by atoms with E-state index in [2.05, 4.69) is 15.0 Å². The molecule has 4 aromatic rings. The smallest absolute Gasteiger partial charge is 0.249 e. The fraction of sp³-hybridized carbons (Fsp3) is 0. The molecule has 0 spiro atoms. The molecule has 0 fully saturated rings. The lowest BCUT2D eigenvalue weighted by molar-refractivity contribution is 0.100. The molecule has 0 radical (unpaired) electrons. The standard InChI is InChI=1S/C18H12N4OS/c19-17(23)13-2-1-3-14-12(13)4-5-15(21-14)16-10-24-18(22-16)11-6-8-20-9-7-11/h1-10H,(H2,19,23). The molecule has 0 saturated heterocycles. The van der Waals surface area contributed by atoms with E-state index in [9.17, 15) is 4.79 Å². The van der Waals surface area contributed by atoms with Gasteiger partial charge in [-0.05, 0) is 36.4 Å². The molecule has 24 heavy (non-hydrogen) atoms. The Labute approximate surface area is 141 Å². The number of benzene rings is 1. The average molecular weight is 332 g/mol. The van der Waals surface area contributed by atoms with Crippen molar-refractivity contribution in [3.63, 3.8) is 0 Å². The van der Waals surface area contributed by atoms with E-state index in [1.54, 1.807) is 35.9 Å². The quantitative estimate of drug-likeness (QED) is 0.622. The van der Waals surface area contributed by atoms with Crippen molar-refractivity contribution in [1.29, 1.82) is 0 Å². The summed E-state index contributed by atoms with van der Waals surface area (Å²) in [7, 11) is 0. The lowest BCUT2D eigenvalue weighted by Crippen LogP contribution is -2.11. The fourth-order valence-electron chi connectivity index (χ4n) is 2.53. The van der Waals surface area contributed by atoms with Crippen molar-refractivity contribution in [2.24, 2.45) is 5.73 Å². The highest BCUT2D eigenvalue weighted by molar-refractivity contribution is 7.13. The average Bonchev–Trinajstić information content (AvgIpc) is 3.11.